The van der Waals surface area contributed by atoms with Crippen LogP contribution in [-0.4, -0.2) is 25.4 Å². The van der Waals surface area contributed by atoms with Crippen LogP contribution in [0.5, 0.6) is 11.5 Å². The molecule has 0 saturated carbocycles. The van der Waals surface area contributed by atoms with Crippen molar-refractivity contribution in [3.05, 3.63) is 36.4 Å². The average Bonchev–Trinajstić information content (AvgIpc) is 2.64. The van der Waals surface area contributed by atoms with Gasteiger partial charge in [0.1, 0.15) is 22.9 Å². The van der Waals surface area contributed by atoms with Gasteiger partial charge in [-0.1, -0.05) is 21.6 Å². The van der Waals surface area contributed by atoms with Crippen LogP contribution in [0, 0.1) is 0 Å². The first-order valence-electron chi connectivity index (χ1n) is 7.75. The molecule has 134 valence electrons. The van der Waals surface area contributed by atoms with Gasteiger partial charge in [0.2, 0.25) is 12.2 Å². The van der Waals surface area contributed by atoms with Gasteiger partial charge in [0, 0.05) is 9.79 Å². The van der Waals surface area contributed by atoms with E-state index >= 15 is 0 Å². The lowest BCUT2D eigenvalue weighted by Crippen LogP contribution is -1.91. The smallest absolute Gasteiger partial charge is 0.240 e. The standard InChI is InChI=1S/C18H16N2O4S2/c1-3-23-17-7-5-13(9-15(17)19-11-21)25-26-14-6-8-18(24-4-2)16(10-14)20-12-22/h5-10H,3-4H2,1-2H3. The number of carbonyl (C=O) groups excluding carboxylic acids is 2. The van der Waals surface area contributed by atoms with Crippen LogP contribution in [0.1, 0.15) is 13.8 Å². The predicted molar refractivity (Wildman–Crippen MR) is 102 cm³/mol. The number of hydrogen-bond donors (Lipinski definition) is 0. The lowest BCUT2D eigenvalue weighted by Gasteiger charge is -2.09. The Bertz CT molecular complexity index is 789. The molecule has 2 aromatic rings. The van der Waals surface area contributed by atoms with Crippen LogP contribution in [0.15, 0.2) is 56.2 Å². The molecule has 0 unspecified atom stereocenters. The highest BCUT2D eigenvalue weighted by molar-refractivity contribution is 8.76. The number of benzene rings is 2. The molecule has 8 heteroatoms. The van der Waals surface area contributed by atoms with E-state index in [-0.39, 0.29) is 0 Å². The van der Waals surface area contributed by atoms with Gasteiger partial charge in [-0.25, -0.2) is 9.59 Å². The number of isocyanates is 2. The van der Waals surface area contributed by atoms with E-state index < -0.39 is 0 Å². The molecule has 0 saturated heterocycles. The maximum Gasteiger partial charge on any atom is 0.240 e. The monoisotopic (exact) mass is 388 g/mol. The average molecular weight is 388 g/mol. The second-order valence-electron chi connectivity index (χ2n) is 4.70. The topological polar surface area (TPSA) is 77.3 Å². The van der Waals surface area contributed by atoms with Gasteiger partial charge >= 0.3 is 0 Å². The minimum atomic E-state index is 0.436. The van der Waals surface area contributed by atoms with E-state index in [2.05, 4.69) is 9.98 Å². The summed E-state index contributed by atoms with van der Waals surface area (Å²) in [7, 11) is 2.95. The molecule has 0 aliphatic heterocycles. The molecule has 2 aromatic carbocycles. The van der Waals surface area contributed by atoms with E-state index in [1.807, 2.05) is 26.0 Å². The van der Waals surface area contributed by atoms with Gasteiger partial charge in [-0.05, 0) is 50.2 Å². The van der Waals surface area contributed by atoms with Gasteiger partial charge < -0.3 is 9.47 Å². The summed E-state index contributed by atoms with van der Waals surface area (Å²) in [6.45, 7) is 4.68. The van der Waals surface area contributed by atoms with Gasteiger partial charge in [0.25, 0.3) is 0 Å². The zero-order valence-electron chi connectivity index (χ0n) is 14.2. The van der Waals surface area contributed by atoms with Crippen molar-refractivity contribution in [2.45, 2.75) is 23.6 Å². The second-order valence-corrected chi connectivity index (χ2v) is 6.97. The predicted octanol–water partition coefficient (Wildman–Crippen LogP) is 5.22. The molecule has 0 bridgehead atoms. The number of rotatable bonds is 9. The van der Waals surface area contributed by atoms with Crippen LogP contribution in [-0.2, 0) is 9.59 Å². The van der Waals surface area contributed by atoms with Gasteiger partial charge in [0.05, 0.1) is 13.2 Å². The maximum atomic E-state index is 10.6. The van der Waals surface area contributed by atoms with E-state index in [9.17, 15) is 9.59 Å². The highest BCUT2D eigenvalue weighted by Crippen LogP contribution is 2.43. The number of nitrogens with zero attached hydrogens (tertiary/aromatic N) is 2. The van der Waals surface area contributed by atoms with Crippen molar-refractivity contribution in [2.24, 2.45) is 9.98 Å². The Labute approximate surface area is 159 Å². The minimum Gasteiger partial charge on any atom is -0.492 e. The van der Waals surface area contributed by atoms with E-state index in [1.165, 1.54) is 33.7 Å². The molecule has 0 heterocycles. The molecule has 0 spiro atoms. The zero-order chi connectivity index (χ0) is 18.8. The lowest BCUT2D eigenvalue weighted by molar-refractivity contribution is 0.341. The van der Waals surface area contributed by atoms with Crippen molar-refractivity contribution < 1.29 is 19.1 Å². The third-order valence-corrected chi connectivity index (χ3v) is 5.41. The Morgan fingerprint density at radius 1 is 0.808 bits per heavy atom. The van der Waals surface area contributed by atoms with Gasteiger partial charge in [-0.15, -0.1) is 0 Å². The van der Waals surface area contributed by atoms with Gasteiger partial charge in [-0.2, -0.15) is 9.98 Å². The van der Waals surface area contributed by atoms with Crippen molar-refractivity contribution in [1.82, 2.24) is 0 Å². The molecule has 0 amide bonds. The Morgan fingerprint density at radius 3 is 1.58 bits per heavy atom. The normalized spacial score (nSPS) is 9.77. The summed E-state index contributed by atoms with van der Waals surface area (Å²) in [6.07, 6.45) is 3.08. The van der Waals surface area contributed by atoms with E-state index in [4.69, 9.17) is 9.47 Å². The zero-order valence-corrected chi connectivity index (χ0v) is 15.9. The molecule has 0 N–H and O–H groups in total. The SMILES string of the molecule is CCOc1ccc(SSc2ccc(OCC)c(N=C=O)c2)cc1N=C=O. The molecule has 2 rings (SSSR count). The molecule has 0 atom stereocenters. The summed E-state index contributed by atoms with van der Waals surface area (Å²) in [6, 6.07) is 10.8. The Morgan fingerprint density at radius 2 is 1.23 bits per heavy atom. The third-order valence-electron chi connectivity index (χ3n) is 3.03. The Kier molecular flexibility index (Phi) is 7.99. The van der Waals surface area contributed by atoms with Crippen LogP contribution in [0.2, 0.25) is 0 Å². The third kappa shape index (κ3) is 5.51. The molecular weight excluding hydrogens is 372 g/mol. The fourth-order valence-electron chi connectivity index (χ4n) is 2.02. The summed E-state index contributed by atoms with van der Waals surface area (Å²) < 4.78 is 10.9. The van der Waals surface area contributed by atoms with Crippen LogP contribution < -0.4 is 9.47 Å². The second kappa shape index (κ2) is 10.5. The molecule has 6 nitrogen and oxygen atoms in total. The summed E-state index contributed by atoms with van der Waals surface area (Å²) in [5.41, 5.74) is 0.871. The molecule has 26 heavy (non-hydrogen) atoms. The highest BCUT2D eigenvalue weighted by atomic mass is 33.1. The minimum absolute atomic E-state index is 0.436. The van der Waals surface area contributed by atoms with Gasteiger partial charge in [-0.3, -0.25) is 0 Å². The van der Waals surface area contributed by atoms with Crippen molar-refractivity contribution in [1.29, 1.82) is 0 Å². The Balaban J connectivity index is 2.17. The number of ether oxygens (including phenoxy) is 2. The molecule has 0 aliphatic rings. The molecule has 0 fully saturated rings. The number of aliphatic imine (C=N–C) groups is 2. The van der Waals surface area contributed by atoms with Crippen molar-refractivity contribution in [3.8, 4) is 11.5 Å². The fourth-order valence-corrected chi connectivity index (χ4v) is 3.98. The molecule has 0 aliphatic carbocycles. The van der Waals surface area contributed by atoms with E-state index in [1.54, 1.807) is 24.3 Å². The lowest BCUT2D eigenvalue weighted by atomic mass is 10.3. The maximum absolute atomic E-state index is 10.6. The quantitative estimate of drug-likeness (QED) is 0.333. The highest BCUT2D eigenvalue weighted by Gasteiger charge is 2.08. The number of hydrogen-bond acceptors (Lipinski definition) is 8. The van der Waals surface area contributed by atoms with E-state index in [0.29, 0.717) is 36.1 Å². The first-order chi connectivity index (χ1) is 12.7. The molecular formula is C18H16N2O4S2. The van der Waals surface area contributed by atoms with E-state index in [0.717, 1.165) is 9.79 Å². The van der Waals surface area contributed by atoms with Crippen LogP contribution in [0.3, 0.4) is 0 Å². The Hall–Kier alpha value is -2.50. The summed E-state index contributed by atoms with van der Waals surface area (Å²) in [4.78, 5) is 30.3. The first kappa shape index (κ1) is 19.8. The summed E-state index contributed by atoms with van der Waals surface area (Å²) >= 11 is 0. The molecule has 0 aromatic heterocycles. The van der Waals surface area contributed by atoms with Crippen molar-refractivity contribution in [2.75, 3.05) is 13.2 Å². The van der Waals surface area contributed by atoms with Crippen molar-refractivity contribution >= 4 is 45.1 Å². The largest absolute Gasteiger partial charge is 0.492 e. The summed E-state index contributed by atoms with van der Waals surface area (Å²) in [5.74, 6) is 1.07. The summed E-state index contributed by atoms with van der Waals surface area (Å²) in [5, 5.41) is 0. The van der Waals surface area contributed by atoms with Crippen LogP contribution >= 0.6 is 21.6 Å². The van der Waals surface area contributed by atoms with Gasteiger partial charge in [0.15, 0.2) is 0 Å². The van der Waals surface area contributed by atoms with Crippen molar-refractivity contribution in [3.63, 3.8) is 0 Å². The fraction of sp³-hybridized carbons (Fsp3) is 0.222. The van der Waals surface area contributed by atoms with Crippen LogP contribution in [0.4, 0.5) is 11.4 Å². The molecule has 0 radical (unpaired) electrons. The first-order valence-corrected chi connectivity index (χ1v) is 9.90. The van der Waals surface area contributed by atoms with Crippen LogP contribution in [0.25, 0.3) is 0 Å².